The van der Waals surface area contributed by atoms with Crippen LogP contribution in [0.15, 0.2) is 12.1 Å². The number of halogens is 2. The molecule has 0 spiro atoms. The van der Waals surface area contributed by atoms with Crippen molar-refractivity contribution in [3.05, 3.63) is 24.8 Å². The van der Waals surface area contributed by atoms with E-state index in [2.05, 4.69) is 16.0 Å². The number of alkyl carbamates (subject to hydrolysis) is 1. The van der Waals surface area contributed by atoms with Crippen molar-refractivity contribution < 1.29 is 42.3 Å². The number of anilines is 1. The molecule has 1 unspecified atom stereocenters. The average molecular weight is 781 g/mol. The molecule has 0 aliphatic heterocycles. The van der Waals surface area contributed by atoms with Crippen molar-refractivity contribution in [1.82, 2.24) is 10.6 Å². The lowest BCUT2D eigenvalue weighted by Gasteiger charge is -2.24. The molecule has 1 aromatic rings. The van der Waals surface area contributed by atoms with Gasteiger partial charge in [0.2, 0.25) is 11.8 Å². The van der Waals surface area contributed by atoms with Crippen molar-refractivity contribution in [3.8, 4) is 0 Å². The second kappa shape index (κ2) is 14.8. The third-order valence-electron chi connectivity index (χ3n) is 4.82. The van der Waals surface area contributed by atoms with Gasteiger partial charge in [0.05, 0.1) is 11.8 Å². The Morgan fingerprint density at radius 1 is 0.947 bits per heavy atom. The van der Waals surface area contributed by atoms with Crippen LogP contribution in [-0.4, -0.2) is 61.9 Å². The molecule has 0 saturated carbocycles. The highest BCUT2D eigenvalue weighted by molar-refractivity contribution is 14.1. The minimum atomic E-state index is -3.55. The molecule has 3 amide bonds. The van der Waals surface area contributed by atoms with E-state index in [1.165, 1.54) is 35.0 Å². The van der Waals surface area contributed by atoms with Crippen molar-refractivity contribution in [2.75, 3.05) is 25.7 Å². The first-order valence-corrected chi connectivity index (χ1v) is 15.3. The third-order valence-corrected chi connectivity index (χ3v) is 8.54. The topological polar surface area (TPSA) is 158 Å². The highest BCUT2D eigenvalue weighted by Gasteiger charge is 2.32. The number of esters is 1. The second-order valence-corrected chi connectivity index (χ2v) is 13.8. The van der Waals surface area contributed by atoms with E-state index in [1.807, 2.05) is 45.2 Å². The lowest BCUT2D eigenvalue weighted by Crippen LogP contribution is -2.51. The van der Waals surface area contributed by atoms with E-state index in [9.17, 15) is 23.7 Å². The zero-order valence-corrected chi connectivity index (χ0v) is 27.7. The number of hydrogen-bond acceptors (Lipinski definition) is 9. The van der Waals surface area contributed by atoms with Gasteiger partial charge in [-0.15, -0.1) is 0 Å². The maximum atomic E-state index is 12.9. The summed E-state index contributed by atoms with van der Waals surface area (Å²) in [6.07, 6.45) is -1.97. The van der Waals surface area contributed by atoms with Crippen LogP contribution in [0.3, 0.4) is 0 Å². The number of amides is 3. The summed E-state index contributed by atoms with van der Waals surface area (Å²) in [4.78, 5) is 49.1. The second-order valence-electron chi connectivity index (χ2n) is 9.20. The van der Waals surface area contributed by atoms with Gasteiger partial charge in [-0.1, -0.05) is 0 Å². The highest BCUT2D eigenvalue weighted by atomic mass is 127. The molecular weight excluding hydrogens is 747 g/mol. The van der Waals surface area contributed by atoms with Gasteiger partial charge in [-0.3, -0.25) is 18.9 Å². The summed E-state index contributed by atoms with van der Waals surface area (Å²) in [5.74, 6) is -1.71. The van der Waals surface area contributed by atoms with Crippen molar-refractivity contribution in [3.63, 3.8) is 0 Å². The first-order chi connectivity index (χ1) is 17.4. The normalized spacial score (nSPS) is 14.1. The summed E-state index contributed by atoms with van der Waals surface area (Å²) >= 11 is 4.08. The lowest BCUT2D eigenvalue weighted by molar-refractivity contribution is -0.145. The Morgan fingerprint density at radius 3 is 2.00 bits per heavy atom. The molecule has 1 aromatic carbocycles. The summed E-state index contributed by atoms with van der Waals surface area (Å²) in [5, 5.41) is 7.71. The molecular formula is C23H34I2N3O9P. The summed E-state index contributed by atoms with van der Waals surface area (Å²) in [6.45, 7) is 9.27. The number of hydrogen-bond donors (Lipinski definition) is 3. The number of ether oxygens (including phenoxy) is 2. The molecule has 0 heterocycles. The fourth-order valence-electron chi connectivity index (χ4n) is 2.93. The van der Waals surface area contributed by atoms with Crippen molar-refractivity contribution in [2.24, 2.45) is 0 Å². The molecule has 12 nitrogen and oxygen atoms in total. The fourth-order valence-corrected chi connectivity index (χ4v) is 6.07. The molecule has 1 rings (SSSR count). The highest BCUT2D eigenvalue weighted by Crippen LogP contribution is 2.50. The molecule has 0 aliphatic carbocycles. The van der Waals surface area contributed by atoms with E-state index in [4.69, 9.17) is 18.5 Å². The molecule has 38 heavy (non-hydrogen) atoms. The largest absolute Gasteiger partial charge is 0.457 e. The predicted octanol–water partition coefficient (Wildman–Crippen LogP) is 4.34. The monoisotopic (exact) mass is 781 g/mol. The minimum Gasteiger partial charge on any atom is -0.457 e. The zero-order chi connectivity index (χ0) is 29.4. The molecule has 0 fully saturated rings. The number of carbonyl (C=O) groups is 4. The average Bonchev–Trinajstić information content (AvgIpc) is 2.78. The van der Waals surface area contributed by atoms with Crippen LogP contribution < -0.4 is 16.0 Å². The zero-order valence-electron chi connectivity index (χ0n) is 22.5. The van der Waals surface area contributed by atoms with E-state index in [1.54, 1.807) is 32.9 Å². The van der Waals surface area contributed by atoms with Crippen LogP contribution in [-0.2, 0) is 37.5 Å². The molecule has 0 aliphatic rings. The van der Waals surface area contributed by atoms with Gasteiger partial charge in [-0.05, 0) is 91.9 Å². The molecule has 3 atom stereocenters. The van der Waals surface area contributed by atoms with Gasteiger partial charge in [0, 0.05) is 33.8 Å². The van der Waals surface area contributed by atoms with E-state index >= 15 is 0 Å². The molecule has 214 valence electrons. The number of benzene rings is 1. The Labute approximate surface area is 249 Å². The van der Waals surface area contributed by atoms with E-state index in [0.717, 1.165) is 0 Å². The van der Waals surface area contributed by atoms with Gasteiger partial charge >= 0.3 is 19.7 Å². The van der Waals surface area contributed by atoms with Gasteiger partial charge in [0.1, 0.15) is 23.8 Å². The first kappa shape index (κ1) is 34.5. The molecule has 0 bridgehead atoms. The van der Waals surface area contributed by atoms with Crippen LogP contribution in [0.5, 0.6) is 0 Å². The SMILES string of the molecule is COP(=O)(CC(OC(C)=O)c1cc(NC(=O)[C@H](C)NC(=O)[C@H](C)NC(=O)OC(C)(C)C)c(I)cc1I)OC. The smallest absolute Gasteiger partial charge is 0.408 e. The lowest BCUT2D eigenvalue weighted by atomic mass is 10.1. The summed E-state index contributed by atoms with van der Waals surface area (Å²) in [5.41, 5.74) is 0.140. The Balaban J connectivity index is 3.05. The Morgan fingerprint density at radius 2 is 1.50 bits per heavy atom. The molecule has 15 heteroatoms. The van der Waals surface area contributed by atoms with E-state index in [-0.39, 0.29) is 6.16 Å². The molecule has 3 N–H and O–H groups in total. The maximum absolute atomic E-state index is 12.9. The Bertz CT molecular complexity index is 1090. The fraction of sp³-hybridized carbons (Fsp3) is 0.565. The van der Waals surface area contributed by atoms with Crippen molar-refractivity contribution in [1.29, 1.82) is 0 Å². The van der Waals surface area contributed by atoms with E-state index < -0.39 is 55.3 Å². The number of rotatable bonds is 11. The molecule has 0 radical (unpaired) electrons. The molecule has 0 saturated heterocycles. The van der Waals surface area contributed by atoms with Crippen LogP contribution >= 0.6 is 52.8 Å². The number of carbonyl (C=O) groups excluding carboxylic acids is 4. The summed E-state index contributed by atoms with van der Waals surface area (Å²) in [6, 6.07) is 1.44. The van der Waals surface area contributed by atoms with Gasteiger partial charge < -0.3 is 34.5 Å². The van der Waals surface area contributed by atoms with Gasteiger partial charge in [-0.2, -0.15) is 0 Å². The quantitative estimate of drug-likeness (QED) is 0.169. The van der Waals surface area contributed by atoms with Crippen LogP contribution in [0.1, 0.15) is 53.2 Å². The van der Waals surface area contributed by atoms with Gasteiger partial charge in [-0.25, -0.2) is 4.79 Å². The third kappa shape index (κ3) is 11.3. The summed E-state index contributed by atoms with van der Waals surface area (Å²) < 4.78 is 34.7. The number of nitrogens with one attached hydrogen (secondary N) is 3. The van der Waals surface area contributed by atoms with E-state index in [0.29, 0.717) is 18.4 Å². The summed E-state index contributed by atoms with van der Waals surface area (Å²) in [7, 11) is -1.08. The van der Waals surface area contributed by atoms with Crippen molar-refractivity contribution in [2.45, 2.75) is 65.3 Å². The maximum Gasteiger partial charge on any atom is 0.408 e. The van der Waals surface area contributed by atoms with Crippen molar-refractivity contribution >= 4 is 82.3 Å². The molecule has 0 aromatic heterocycles. The van der Waals surface area contributed by atoms with Gasteiger partial charge in [0.25, 0.3) is 0 Å². The Kier molecular flexibility index (Phi) is 13.4. The first-order valence-electron chi connectivity index (χ1n) is 11.4. The van der Waals surface area contributed by atoms with Crippen LogP contribution in [0.4, 0.5) is 10.5 Å². The van der Waals surface area contributed by atoms with Crippen LogP contribution in [0.2, 0.25) is 0 Å². The standard InChI is InChI=1S/C23H34I2N3O9P/c1-12(26-20(30)13(2)27-22(32)37-23(4,5)6)21(31)28-18-9-15(16(24)10-17(18)25)19(36-14(3)29)11-38(33,34-7)35-8/h9-10,12-13,19H,11H2,1-8H3,(H,26,30)(H,27,32)(H,28,31)/t12-,13-,19?/m0/s1. The van der Waals surface area contributed by atoms with Crippen LogP contribution in [0, 0.1) is 7.14 Å². The van der Waals surface area contributed by atoms with Crippen LogP contribution in [0.25, 0.3) is 0 Å². The Hall–Kier alpha value is -1.49. The predicted molar refractivity (Wildman–Crippen MR) is 158 cm³/mol. The van der Waals surface area contributed by atoms with Gasteiger partial charge in [0.15, 0.2) is 0 Å². The minimum absolute atomic E-state index is 0.238.